The van der Waals surface area contributed by atoms with Crippen molar-refractivity contribution in [1.82, 2.24) is 10.2 Å². The van der Waals surface area contributed by atoms with Crippen LogP contribution in [-0.4, -0.2) is 28.8 Å². The summed E-state index contributed by atoms with van der Waals surface area (Å²) in [4.78, 5) is 26.1. The third-order valence-corrected chi connectivity index (χ3v) is 4.20. The predicted molar refractivity (Wildman–Crippen MR) is 78.4 cm³/mol. The number of hydrogen-bond donors (Lipinski definition) is 1. The molecule has 1 saturated heterocycles. The number of rotatable bonds is 3. The molecule has 0 bridgehead atoms. The van der Waals surface area contributed by atoms with Gasteiger partial charge in [-0.1, -0.05) is 30.7 Å². The van der Waals surface area contributed by atoms with E-state index in [0.29, 0.717) is 11.4 Å². The van der Waals surface area contributed by atoms with Crippen molar-refractivity contribution in [3.8, 4) is 0 Å². The minimum Gasteiger partial charge on any atom is -0.340 e. The Morgan fingerprint density at radius 3 is 2.75 bits per heavy atom. The molecule has 2 amide bonds. The lowest BCUT2D eigenvalue weighted by Crippen LogP contribution is -2.65. The van der Waals surface area contributed by atoms with Gasteiger partial charge in [0.05, 0.1) is 6.04 Å². The average Bonchev–Trinajstić information content (AvgIpc) is 2.42. The SMILES string of the molecule is CCC1(C)NC(=O)CN(C(C)c2cccc(Cl)c2)C1=O. The molecule has 0 radical (unpaired) electrons. The van der Waals surface area contributed by atoms with E-state index < -0.39 is 5.54 Å². The molecule has 0 aromatic heterocycles. The molecule has 1 heterocycles. The van der Waals surface area contributed by atoms with Crippen LogP contribution in [-0.2, 0) is 9.59 Å². The molecule has 4 nitrogen and oxygen atoms in total. The number of nitrogens with one attached hydrogen (secondary N) is 1. The fraction of sp³-hybridized carbons (Fsp3) is 0.467. The highest BCUT2D eigenvalue weighted by atomic mass is 35.5. The summed E-state index contributed by atoms with van der Waals surface area (Å²) in [5.74, 6) is -0.171. The fourth-order valence-electron chi connectivity index (χ4n) is 2.44. The van der Waals surface area contributed by atoms with E-state index in [2.05, 4.69) is 5.32 Å². The Bertz CT molecular complexity index is 546. The van der Waals surface area contributed by atoms with Gasteiger partial charge < -0.3 is 10.2 Å². The number of nitrogens with zero attached hydrogens (tertiary/aromatic N) is 1. The Hall–Kier alpha value is -1.55. The Kier molecular flexibility index (Phi) is 4.04. The van der Waals surface area contributed by atoms with E-state index in [0.717, 1.165) is 5.56 Å². The molecule has 5 heteroatoms. The zero-order chi connectivity index (χ0) is 14.9. The van der Waals surface area contributed by atoms with Crippen LogP contribution in [0.2, 0.25) is 5.02 Å². The van der Waals surface area contributed by atoms with Crippen LogP contribution >= 0.6 is 11.6 Å². The van der Waals surface area contributed by atoms with Gasteiger partial charge in [-0.05, 0) is 38.0 Å². The smallest absolute Gasteiger partial charge is 0.248 e. The highest BCUT2D eigenvalue weighted by molar-refractivity contribution is 6.30. The summed E-state index contributed by atoms with van der Waals surface area (Å²) >= 11 is 5.99. The third kappa shape index (κ3) is 2.66. The molecular formula is C15H19ClN2O2. The van der Waals surface area contributed by atoms with Gasteiger partial charge in [0.1, 0.15) is 12.1 Å². The molecule has 2 rings (SSSR count). The molecule has 1 fully saturated rings. The first kappa shape index (κ1) is 14.9. The molecule has 1 N–H and O–H groups in total. The van der Waals surface area contributed by atoms with Gasteiger partial charge in [0.25, 0.3) is 0 Å². The molecule has 20 heavy (non-hydrogen) atoms. The van der Waals surface area contributed by atoms with Crippen LogP contribution in [0.1, 0.15) is 38.8 Å². The maximum Gasteiger partial charge on any atom is 0.248 e. The molecule has 2 atom stereocenters. The van der Waals surface area contributed by atoms with Crippen LogP contribution < -0.4 is 5.32 Å². The quantitative estimate of drug-likeness (QED) is 0.931. The first-order valence-corrected chi connectivity index (χ1v) is 7.12. The Labute approximate surface area is 124 Å². The van der Waals surface area contributed by atoms with Crippen molar-refractivity contribution < 1.29 is 9.59 Å². The van der Waals surface area contributed by atoms with Crippen molar-refractivity contribution >= 4 is 23.4 Å². The molecule has 2 unspecified atom stereocenters. The maximum absolute atomic E-state index is 12.6. The predicted octanol–water partition coefficient (Wildman–Crippen LogP) is 2.53. The topological polar surface area (TPSA) is 49.4 Å². The van der Waals surface area contributed by atoms with Crippen molar-refractivity contribution in [2.75, 3.05) is 6.54 Å². The number of piperazine rings is 1. The summed E-state index contributed by atoms with van der Waals surface area (Å²) in [6.07, 6.45) is 0.566. The number of halogens is 1. The summed E-state index contributed by atoms with van der Waals surface area (Å²) in [6, 6.07) is 7.20. The van der Waals surface area contributed by atoms with Crippen molar-refractivity contribution in [3.05, 3.63) is 34.9 Å². The second kappa shape index (κ2) is 5.44. The van der Waals surface area contributed by atoms with Crippen molar-refractivity contribution in [1.29, 1.82) is 0 Å². The van der Waals surface area contributed by atoms with Crippen LogP contribution in [0, 0.1) is 0 Å². The highest BCUT2D eigenvalue weighted by Gasteiger charge is 2.43. The first-order chi connectivity index (χ1) is 9.37. The Morgan fingerprint density at radius 2 is 2.15 bits per heavy atom. The van der Waals surface area contributed by atoms with E-state index in [1.54, 1.807) is 17.9 Å². The number of amides is 2. The second-order valence-electron chi connectivity index (χ2n) is 5.40. The largest absolute Gasteiger partial charge is 0.340 e. The molecule has 0 aliphatic carbocycles. The maximum atomic E-state index is 12.6. The lowest BCUT2D eigenvalue weighted by Gasteiger charge is -2.42. The van der Waals surface area contributed by atoms with Gasteiger partial charge >= 0.3 is 0 Å². The van der Waals surface area contributed by atoms with Crippen LogP contribution in [0.4, 0.5) is 0 Å². The van der Waals surface area contributed by atoms with E-state index in [1.807, 2.05) is 32.0 Å². The lowest BCUT2D eigenvalue weighted by molar-refractivity contribution is -0.151. The number of benzene rings is 1. The fourth-order valence-corrected chi connectivity index (χ4v) is 2.64. The number of hydrogen-bond acceptors (Lipinski definition) is 2. The Morgan fingerprint density at radius 1 is 1.45 bits per heavy atom. The highest BCUT2D eigenvalue weighted by Crippen LogP contribution is 2.28. The standard InChI is InChI=1S/C15H19ClN2O2/c1-4-15(3)14(20)18(9-13(19)17-15)10(2)11-6-5-7-12(16)8-11/h5-8,10H,4,9H2,1-3H3,(H,17,19). The normalized spacial score (nSPS) is 24.5. The van der Waals surface area contributed by atoms with E-state index >= 15 is 0 Å². The van der Waals surface area contributed by atoms with E-state index in [-0.39, 0.29) is 24.4 Å². The van der Waals surface area contributed by atoms with Crippen LogP contribution in [0.25, 0.3) is 0 Å². The summed E-state index contributed by atoms with van der Waals surface area (Å²) < 4.78 is 0. The van der Waals surface area contributed by atoms with Gasteiger partial charge in [0, 0.05) is 5.02 Å². The summed E-state index contributed by atoms with van der Waals surface area (Å²) in [5, 5.41) is 3.41. The van der Waals surface area contributed by atoms with Gasteiger partial charge in [-0.2, -0.15) is 0 Å². The van der Waals surface area contributed by atoms with Gasteiger partial charge in [-0.25, -0.2) is 0 Å². The van der Waals surface area contributed by atoms with E-state index in [9.17, 15) is 9.59 Å². The van der Waals surface area contributed by atoms with Gasteiger partial charge in [-0.15, -0.1) is 0 Å². The molecular weight excluding hydrogens is 276 g/mol. The van der Waals surface area contributed by atoms with Crippen molar-refractivity contribution in [3.63, 3.8) is 0 Å². The number of carbonyl (C=O) groups excluding carboxylic acids is 2. The lowest BCUT2D eigenvalue weighted by atomic mass is 9.92. The second-order valence-corrected chi connectivity index (χ2v) is 5.83. The Balaban J connectivity index is 2.31. The van der Waals surface area contributed by atoms with Crippen LogP contribution in [0.15, 0.2) is 24.3 Å². The minimum absolute atomic E-state index is 0.0490. The first-order valence-electron chi connectivity index (χ1n) is 6.75. The summed E-state index contributed by atoms with van der Waals surface area (Å²) in [5.41, 5.74) is 0.112. The summed E-state index contributed by atoms with van der Waals surface area (Å²) in [7, 11) is 0. The molecule has 1 aromatic carbocycles. The van der Waals surface area contributed by atoms with Gasteiger partial charge in [-0.3, -0.25) is 9.59 Å². The van der Waals surface area contributed by atoms with Crippen LogP contribution in [0.5, 0.6) is 0 Å². The monoisotopic (exact) mass is 294 g/mol. The molecule has 1 aliphatic heterocycles. The molecule has 1 aromatic rings. The van der Waals surface area contributed by atoms with E-state index in [1.165, 1.54) is 0 Å². The zero-order valence-corrected chi connectivity index (χ0v) is 12.7. The number of carbonyl (C=O) groups is 2. The molecule has 0 saturated carbocycles. The van der Waals surface area contributed by atoms with Crippen molar-refractivity contribution in [2.45, 2.75) is 38.8 Å². The summed E-state index contributed by atoms with van der Waals surface area (Å²) in [6.45, 7) is 5.66. The minimum atomic E-state index is -0.817. The molecule has 0 spiro atoms. The molecule has 1 aliphatic rings. The zero-order valence-electron chi connectivity index (χ0n) is 11.9. The molecule has 108 valence electrons. The van der Waals surface area contributed by atoms with Gasteiger partial charge in [0.15, 0.2) is 0 Å². The van der Waals surface area contributed by atoms with E-state index in [4.69, 9.17) is 11.6 Å². The third-order valence-electron chi connectivity index (χ3n) is 3.97. The van der Waals surface area contributed by atoms with Gasteiger partial charge in [0.2, 0.25) is 11.8 Å². The average molecular weight is 295 g/mol. The van der Waals surface area contributed by atoms with Crippen molar-refractivity contribution in [2.24, 2.45) is 0 Å². The van der Waals surface area contributed by atoms with Crippen LogP contribution in [0.3, 0.4) is 0 Å².